The van der Waals surface area contributed by atoms with Gasteiger partial charge in [0.25, 0.3) is 0 Å². The van der Waals surface area contributed by atoms with E-state index in [1.165, 1.54) is 51.9 Å². The van der Waals surface area contributed by atoms with Crippen molar-refractivity contribution in [3.63, 3.8) is 0 Å². The summed E-state index contributed by atoms with van der Waals surface area (Å²) in [5, 5.41) is 0. The lowest BCUT2D eigenvalue weighted by molar-refractivity contribution is -0.150. The predicted octanol–water partition coefficient (Wildman–Crippen LogP) is 1.75. The highest BCUT2D eigenvalue weighted by Crippen LogP contribution is 2.41. The topological polar surface area (TPSA) is 47.1 Å². The van der Waals surface area contributed by atoms with Crippen LogP contribution in [-0.4, -0.2) is 96.9 Å². The summed E-state index contributed by atoms with van der Waals surface area (Å²) in [6.07, 6.45) is 6.60. The molecule has 0 aromatic rings. The molecule has 6 heteroatoms. The number of hydrogen-bond acceptors (Lipinski definition) is 4. The molecular formula is C24H40N4O2. The normalized spacial score (nSPS) is 44.8. The lowest BCUT2D eigenvalue weighted by Crippen LogP contribution is -2.60. The second-order valence-corrected chi connectivity index (χ2v) is 11.1. The lowest BCUT2D eigenvalue weighted by Gasteiger charge is -2.49. The van der Waals surface area contributed by atoms with Crippen LogP contribution in [0.15, 0.2) is 0 Å². The molecule has 1 saturated carbocycles. The van der Waals surface area contributed by atoms with E-state index in [4.69, 9.17) is 0 Å². The first-order valence-electron chi connectivity index (χ1n) is 12.4. The van der Waals surface area contributed by atoms with E-state index in [1.54, 1.807) is 0 Å². The van der Waals surface area contributed by atoms with Gasteiger partial charge in [-0.2, -0.15) is 0 Å². The number of hydrogen-bond donors (Lipinski definition) is 0. The zero-order valence-corrected chi connectivity index (χ0v) is 19.1. The summed E-state index contributed by atoms with van der Waals surface area (Å²) in [5.74, 6) is 1.95. The van der Waals surface area contributed by atoms with Crippen LogP contribution in [0.3, 0.4) is 0 Å². The number of fused-ring (bicyclic) bond motifs is 6. The van der Waals surface area contributed by atoms with Crippen molar-refractivity contribution in [1.82, 2.24) is 19.6 Å². The van der Waals surface area contributed by atoms with Crippen LogP contribution >= 0.6 is 0 Å². The van der Waals surface area contributed by atoms with Crippen LogP contribution in [0, 0.1) is 29.6 Å². The van der Waals surface area contributed by atoms with Gasteiger partial charge < -0.3 is 19.6 Å². The quantitative estimate of drug-likeness (QED) is 0.701. The fourth-order valence-corrected chi connectivity index (χ4v) is 7.43. The van der Waals surface area contributed by atoms with Crippen molar-refractivity contribution in [2.24, 2.45) is 29.6 Å². The Hall–Kier alpha value is -1.14. The molecule has 168 valence electrons. The molecule has 2 amide bonds. The average Bonchev–Trinajstić information content (AvgIpc) is 3.20. The number of piperidine rings is 6. The number of rotatable bonds is 4. The van der Waals surface area contributed by atoms with Gasteiger partial charge in [-0.05, 0) is 82.5 Å². The standard InChI is InChI=1S/C24H40N4O2/c1-16-12-19(23(29)25(2)21-14-27-8-4-17(21)5-9-27)20(13-16)24(30)26(3)22-15-28-10-6-18(22)7-11-28/h16-22H,4-15H2,1-3H3. The summed E-state index contributed by atoms with van der Waals surface area (Å²) in [4.78, 5) is 36.4. The molecule has 0 aromatic heterocycles. The van der Waals surface area contributed by atoms with Gasteiger partial charge in [0.1, 0.15) is 0 Å². The van der Waals surface area contributed by atoms with E-state index in [1.807, 2.05) is 23.9 Å². The SMILES string of the molecule is CC1CC(C(=O)N(C)C2CN3CCC2CC3)C(C(=O)N(C)C2CN3CCC2CC3)C1. The van der Waals surface area contributed by atoms with Gasteiger partial charge in [-0.25, -0.2) is 0 Å². The summed E-state index contributed by atoms with van der Waals surface area (Å²) < 4.78 is 0. The Morgan fingerprint density at radius 3 is 1.37 bits per heavy atom. The smallest absolute Gasteiger partial charge is 0.226 e. The molecule has 0 radical (unpaired) electrons. The van der Waals surface area contributed by atoms with Gasteiger partial charge in [0, 0.05) is 51.1 Å². The molecule has 6 heterocycles. The van der Waals surface area contributed by atoms with Crippen molar-refractivity contribution < 1.29 is 9.59 Å². The van der Waals surface area contributed by atoms with E-state index in [2.05, 4.69) is 16.7 Å². The first-order chi connectivity index (χ1) is 14.4. The third-order valence-electron chi connectivity index (χ3n) is 9.37. The number of likely N-dealkylation sites (N-methyl/N-ethyl adjacent to an activating group) is 2. The molecule has 4 atom stereocenters. The Morgan fingerprint density at radius 1 is 0.700 bits per heavy atom. The molecule has 7 aliphatic rings. The maximum Gasteiger partial charge on any atom is 0.226 e. The molecule has 0 spiro atoms. The minimum absolute atomic E-state index is 0.128. The zero-order chi connectivity index (χ0) is 21.0. The molecule has 0 aromatic carbocycles. The van der Waals surface area contributed by atoms with Gasteiger partial charge >= 0.3 is 0 Å². The molecule has 6 aliphatic heterocycles. The zero-order valence-electron chi connectivity index (χ0n) is 19.1. The van der Waals surface area contributed by atoms with E-state index >= 15 is 0 Å². The highest BCUT2D eigenvalue weighted by atomic mass is 16.2. The Kier molecular flexibility index (Phi) is 5.59. The third-order valence-corrected chi connectivity index (χ3v) is 9.37. The number of amides is 2. The molecule has 7 fully saturated rings. The first-order valence-corrected chi connectivity index (χ1v) is 12.4. The van der Waals surface area contributed by atoms with Gasteiger partial charge in [-0.3, -0.25) is 9.59 Å². The monoisotopic (exact) mass is 416 g/mol. The number of carbonyl (C=O) groups is 2. The van der Waals surface area contributed by atoms with Crippen molar-refractivity contribution in [3.8, 4) is 0 Å². The van der Waals surface area contributed by atoms with E-state index in [0.717, 1.165) is 25.9 Å². The van der Waals surface area contributed by atoms with Gasteiger partial charge in [-0.1, -0.05) is 6.92 Å². The molecule has 7 rings (SSSR count). The first kappa shape index (κ1) is 20.7. The summed E-state index contributed by atoms with van der Waals surface area (Å²) in [5.41, 5.74) is 0. The molecule has 6 nitrogen and oxygen atoms in total. The largest absolute Gasteiger partial charge is 0.341 e. The van der Waals surface area contributed by atoms with Crippen LogP contribution in [-0.2, 0) is 9.59 Å². The van der Waals surface area contributed by atoms with Gasteiger partial charge in [0.15, 0.2) is 0 Å². The molecule has 0 N–H and O–H groups in total. The van der Waals surface area contributed by atoms with Crippen molar-refractivity contribution in [2.45, 2.75) is 57.5 Å². The van der Waals surface area contributed by atoms with Crippen LogP contribution < -0.4 is 0 Å². The molecular weight excluding hydrogens is 376 g/mol. The Bertz CT molecular complexity index is 612. The van der Waals surface area contributed by atoms with Crippen molar-refractivity contribution in [2.75, 3.05) is 53.4 Å². The molecule has 4 unspecified atom stereocenters. The van der Waals surface area contributed by atoms with Crippen LogP contribution in [0.1, 0.15) is 45.4 Å². The molecule has 30 heavy (non-hydrogen) atoms. The van der Waals surface area contributed by atoms with Crippen molar-refractivity contribution in [3.05, 3.63) is 0 Å². The van der Waals surface area contributed by atoms with Crippen molar-refractivity contribution >= 4 is 11.8 Å². The highest BCUT2D eigenvalue weighted by molar-refractivity contribution is 5.88. The minimum Gasteiger partial charge on any atom is -0.341 e. The highest BCUT2D eigenvalue weighted by Gasteiger charge is 2.48. The molecule has 6 saturated heterocycles. The number of carbonyl (C=O) groups excluding carboxylic acids is 2. The van der Waals surface area contributed by atoms with Gasteiger partial charge in [0.2, 0.25) is 11.8 Å². The van der Waals surface area contributed by atoms with Gasteiger partial charge in [-0.15, -0.1) is 0 Å². The van der Waals surface area contributed by atoms with Crippen molar-refractivity contribution in [1.29, 1.82) is 0 Å². The Morgan fingerprint density at radius 2 is 1.07 bits per heavy atom. The number of nitrogens with zero attached hydrogens (tertiary/aromatic N) is 4. The van der Waals surface area contributed by atoms with Crippen LogP contribution in [0.5, 0.6) is 0 Å². The van der Waals surface area contributed by atoms with Crippen LogP contribution in [0.4, 0.5) is 0 Å². The maximum absolute atomic E-state index is 13.6. The summed E-state index contributed by atoms with van der Waals surface area (Å²) >= 11 is 0. The average molecular weight is 417 g/mol. The second kappa shape index (κ2) is 8.09. The fraction of sp³-hybridized carbons (Fsp3) is 0.917. The summed E-state index contributed by atoms with van der Waals surface area (Å²) in [6, 6.07) is 0.678. The van der Waals surface area contributed by atoms with E-state index in [-0.39, 0.29) is 23.7 Å². The van der Waals surface area contributed by atoms with Gasteiger partial charge in [0.05, 0.1) is 0 Å². The second-order valence-electron chi connectivity index (χ2n) is 11.1. The predicted molar refractivity (Wildman–Crippen MR) is 117 cm³/mol. The Balaban J connectivity index is 1.28. The summed E-state index contributed by atoms with van der Waals surface area (Å²) in [6.45, 7) is 9.02. The van der Waals surface area contributed by atoms with Crippen LogP contribution in [0.25, 0.3) is 0 Å². The van der Waals surface area contributed by atoms with E-state index in [9.17, 15) is 9.59 Å². The van der Waals surface area contributed by atoms with E-state index < -0.39 is 0 Å². The maximum atomic E-state index is 13.6. The minimum atomic E-state index is -0.128. The molecule has 1 aliphatic carbocycles. The van der Waals surface area contributed by atoms with Crippen LogP contribution in [0.2, 0.25) is 0 Å². The molecule has 4 bridgehead atoms. The lowest BCUT2D eigenvalue weighted by atomic mass is 9.81. The summed E-state index contributed by atoms with van der Waals surface area (Å²) in [7, 11) is 4.02. The van der Waals surface area contributed by atoms with E-state index in [0.29, 0.717) is 29.8 Å². The fourth-order valence-electron chi connectivity index (χ4n) is 7.43. The third kappa shape index (κ3) is 3.58. The Labute approximate surface area is 181 Å².